The van der Waals surface area contributed by atoms with Gasteiger partial charge < -0.3 is 10.6 Å². The minimum atomic E-state index is -3.63. The Kier molecular flexibility index (Phi) is 5.73. The lowest BCUT2D eigenvalue weighted by Crippen LogP contribution is -2.34. The van der Waals surface area contributed by atoms with E-state index in [0.717, 1.165) is 5.52 Å². The lowest BCUT2D eigenvalue weighted by molar-refractivity contribution is 0.252. The molecule has 0 bridgehead atoms. The number of hydrogen-bond acceptors (Lipinski definition) is 4. The lowest BCUT2D eigenvalue weighted by atomic mass is 10.3. The van der Waals surface area contributed by atoms with Crippen molar-refractivity contribution in [2.24, 2.45) is 0 Å². The van der Waals surface area contributed by atoms with E-state index < -0.39 is 16.1 Å². The number of fused-ring (bicyclic) bond motifs is 1. The number of carbonyl (C=O) groups excluding carboxylic acids is 1. The van der Waals surface area contributed by atoms with Gasteiger partial charge in [0.25, 0.3) is 0 Å². The van der Waals surface area contributed by atoms with E-state index in [0.29, 0.717) is 21.4 Å². The van der Waals surface area contributed by atoms with Crippen LogP contribution in [-0.4, -0.2) is 36.4 Å². The number of rotatable bonds is 6. The molecule has 2 aromatic heterocycles. The van der Waals surface area contributed by atoms with Crippen LogP contribution in [0.3, 0.4) is 0 Å². The van der Waals surface area contributed by atoms with Gasteiger partial charge in [0, 0.05) is 24.6 Å². The highest BCUT2D eigenvalue weighted by Crippen LogP contribution is 2.24. The smallest absolute Gasteiger partial charge is 0.319 e. The zero-order valence-electron chi connectivity index (χ0n) is 13.8. The Morgan fingerprint density at radius 2 is 1.89 bits per heavy atom. The molecule has 3 N–H and O–H groups in total. The molecule has 0 spiro atoms. The van der Waals surface area contributed by atoms with Crippen molar-refractivity contribution in [1.82, 2.24) is 14.9 Å². The molecule has 142 valence electrons. The van der Waals surface area contributed by atoms with E-state index in [1.165, 1.54) is 6.07 Å². The predicted octanol–water partition coefficient (Wildman–Crippen LogP) is 3.20. The van der Waals surface area contributed by atoms with Gasteiger partial charge >= 0.3 is 6.03 Å². The quantitative estimate of drug-likeness (QED) is 0.561. The maximum atomic E-state index is 12.2. The summed E-state index contributed by atoms with van der Waals surface area (Å²) in [7, 11) is -3.63. The van der Waals surface area contributed by atoms with Crippen molar-refractivity contribution in [3.63, 3.8) is 0 Å². The summed E-state index contributed by atoms with van der Waals surface area (Å²) >= 11 is 11.7. The topological polar surface area (TPSA) is 105 Å². The molecular formula is C16H15Cl2N5O3S. The van der Waals surface area contributed by atoms with Gasteiger partial charge in [-0.3, -0.25) is 4.72 Å². The molecule has 2 amide bonds. The molecular weight excluding hydrogens is 413 g/mol. The molecule has 3 rings (SSSR count). The molecule has 0 aliphatic carbocycles. The van der Waals surface area contributed by atoms with Crippen LogP contribution in [0.2, 0.25) is 10.0 Å². The van der Waals surface area contributed by atoms with Gasteiger partial charge in [0.2, 0.25) is 10.0 Å². The van der Waals surface area contributed by atoms with Crippen molar-refractivity contribution >= 4 is 56.1 Å². The number of carbonyl (C=O) groups is 1. The van der Waals surface area contributed by atoms with Crippen LogP contribution in [0.1, 0.15) is 0 Å². The number of nitrogens with zero attached hydrogens (tertiary/aromatic N) is 2. The fourth-order valence-corrected chi connectivity index (χ4v) is 3.52. The summed E-state index contributed by atoms with van der Waals surface area (Å²) in [4.78, 5) is 11.8. The van der Waals surface area contributed by atoms with Crippen LogP contribution in [0.25, 0.3) is 5.52 Å². The number of nitrogens with one attached hydrogen (secondary N) is 3. The van der Waals surface area contributed by atoms with Crippen molar-refractivity contribution in [3.8, 4) is 0 Å². The summed E-state index contributed by atoms with van der Waals surface area (Å²) in [5.74, 6) is -0.285. The highest BCUT2D eigenvalue weighted by atomic mass is 35.5. The predicted molar refractivity (Wildman–Crippen MR) is 106 cm³/mol. The van der Waals surface area contributed by atoms with Crippen molar-refractivity contribution in [2.75, 3.05) is 22.3 Å². The number of amides is 2. The first-order valence-electron chi connectivity index (χ1n) is 7.76. The molecule has 0 saturated carbocycles. The molecule has 3 aromatic rings. The molecule has 1 aromatic carbocycles. The first-order valence-corrected chi connectivity index (χ1v) is 10.2. The number of aromatic nitrogens is 2. The second kappa shape index (κ2) is 8.03. The van der Waals surface area contributed by atoms with Gasteiger partial charge in [0.1, 0.15) is 0 Å². The van der Waals surface area contributed by atoms with Crippen LogP contribution < -0.4 is 15.4 Å². The van der Waals surface area contributed by atoms with Crippen molar-refractivity contribution < 1.29 is 13.2 Å². The van der Waals surface area contributed by atoms with E-state index in [1.54, 1.807) is 47.2 Å². The molecule has 0 saturated heterocycles. The Hall–Kier alpha value is -2.49. The second-order valence-electron chi connectivity index (χ2n) is 5.55. The van der Waals surface area contributed by atoms with Gasteiger partial charge in [-0.15, -0.1) is 0 Å². The Bertz CT molecular complexity index is 1080. The zero-order valence-corrected chi connectivity index (χ0v) is 16.1. The van der Waals surface area contributed by atoms with Crippen molar-refractivity contribution in [1.29, 1.82) is 0 Å². The maximum absolute atomic E-state index is 12.2. The van der Waals surface area contributed by atoms with Crippen LogP contribution in [0.4, 0.5) is 16.2 Å². The molecule has 0 radical (unpaired) electrons. The van der Waals surface area contributed by atoms with Gasteiger partial charge in [-0.25, -0.2) is 17.7 Å². The third-order valence-electron chi connectivity index (χ3n) is 3.51. The molecule has 0 atom stereocenters. The molecule has 11 heteroatoms. The van der Waals surface area contributed by atoms with Gasteiger partial charge in [-0.2, -0.15) is 5.10 Å². The van der Waals surface area contributed by atoms with Crippen LogP contribution in [-0.2, 0) is 10.0 Å². The number of urea groups is 1. The van der Waals surface area contributed by atoms with Crippen LogP contribution in [0, 0.1) is 0 Å². The normalized spacial score (nSPS) is 11.3. The first kappa shape index (κ1) is 19.3. The van der Waals surface area contributed by atoms with E-state index >= 15 is 0 Å². The number of pyridine rings is 1. The average Bonchev–Trinajstić information content (AvgIpc) is 3.05. The van der Waals surface area contributed by atoms with Crippen molar-refractivity contribution in [3.05, 3.63) is 58.8 Å². The Morgan fingerprint density at radius 3 is 2.67 bits per heavy atom. The average molecular weight is 428 g/mol. The monoisotopic (exact) mass is 427 g/mol. The summed E-state index contributed by atoms with van der Waals surface area (Å²) < 4.78 is 28.4. The number of benzene rings is 1. The number of hydrogen-bond donors (Lipinski definition) is 3. The number of anilines is 2. The van der Waals surface area contributed by atoms with E-state index in [1.807, 2.05) is 0 Å². The Balaban J connectivity index is 1.50. The van der Waals surface area contributed by atoms with Crippen molar-refractivity contribution in [2.45, 2.75) is 0 Å². The Morgan fingerprint density at radius 1 is 1.07 bits per heavy atom. The summed E-state index contributed by atoms with van der Waals surface area (Å²) in [5, 5.41) is 9.73. The van der Waals surface area contributed by atoms with Gasteiger partial charge in [0.05, 0.1) is 27.0 Å². The maximum Gasteiger partial charge on any atom is 0.319 e. The SMILES string of the molecule is O=C(NCCS(=O)(=O)Nc1ccn2nccc2c1)Nc1ccc(Cl)c(Cl)c1. The minimum Gasteiger partial charge on any atom is -0.337 e. The van der Waals surface area contributed by atoms with E-state index in [9.17, 15) is 13.2 Å². The molecule has 0 unspecified atom stereocenters. The zero-order chi connectivity index (χ0) is 19.4. The molecule has 2 heterocycles. The fraction of sp³-hybridized carbons (Fsp3) is 0.125. The summed E-state index contributed by atoms with van der Waals surface area (Å²) in [6, 6.07) is 9.09. The largest absolute Gasteiger partial charge is 0.337 e. The minimum absolute atomic E-state index is 0.0720. The fourth-order valence-electron chi connectivity index (χ4n) is 2.26. The van der Waals surface area contributed by atoms with E-state index in [-0.39, 0.29) is 12.3 Å². The summed E-state index contributed by atoms with van der Waals surface area (Å²) in [5.41, 5.74) is 1.62. The molecule has 27 heavy (non-hydrogen) atoms. The molecule has 0 aliphatic heterocycles. The van der Waals surface area contributed by atoms with Crippen LogP contribution in [0.5, 0.6) is 0 Å². The Labute approximate surface area is 165 Å². The highest BCUT2D eigenvalue weighted by Gasteiger charge is 2.12. The summed E-state index contributed by atoms with van der Waals surface area (Å²) in [6.07, 6.45) is 3.26. The van der Waals surface area contributed by atoms with Gasteiger partial charge in [-0.05, 0) is 36.4 Å². The van der Waals surface area contributed by atoms with Crippen LogP contribution >= 0.6 is 23.2 Å². The van der Waals surface area contributed by atoms with E-state index in [4.69, 9.17) is 23.2 Å². The second-order valence-corrected chi connectivity index (χ2v) is 8.20. The molecule has 0 aliphatic rings. The van der Waals surface area contributed by atoms with Crippen LogP contribution in [0.15, 0.2) is 48.8 Å². The molecule has 8 nitrogen and oxygen atoms in total. The van der Waals surface area contributed by atoms with Gasteiger partial charge in [0.15, 0.2) is 0 Å². The number of halogens is 2. The lowest BCUT2D eigenvalue weighted by Gasteiger charge is -2.10. The van der Waals surface area contributed by atoms with Gasteiger partial charge in [-0.1, -0.05) is 23.2 Å². The standard InChI is InChI=1S/C16H15Cl2N5O3S/c17-14-2-1-11(10-15(14)18)21-16(24)19-6-8-27(25,26)22-12-4-7-23-13(9-12)3-5-20-23/h1-5,7,9-10,22H,6,8H2,(H2,19,21,24). The summed E-state index contributed by atoms with van der Waals surface area (Å²) in [6.45, 7) is -0.0720. The third-order valence-corrected chi connectivity index (χ3v) is 5.53. The highest BCUT2D eigenvalue weighted by molar-refractivity contribution is 7.92. The number of sulfonamides is 1. The molecule has 0 fully saturated rings. The first-order chi connectivity index (χ1) is 12.8. The third kappa shape index (κ3) is 5.25. The van der Waals surface area contributed by atoms with E-state index in [2.05, 4.69) is 20.5 Å².